The molecule has 0 aliphatic carbocycles. The molecule has 2 N–H and O–H groups in total. The number of halogens is 1. The molecule has 1 aromatic carbocycles. The molecule has 1 rings (SSSR count). The minimum absolute atomic E-state index is 0.127. The number of nitrogens with one attached hydrogen (secondary N) is 1. The van der Waals surface area contributed by atoms with Crippen molar-refractivity contribution in [2.45, 2.75) is 25.9 Å². The van der Waals surface area contributed by atoms with E-state index >= 15 is 0 Å². The van der Waals surface area contributed by atoms with Gasteiger partial charge in [0.05, 0.1) is 11.6 Å². The third-order valence-electron chi connectivity index (χ3n) is 2.43. The van der Waals surface area contributed by atoms with E-state index in [4.69, 9.17) is 10.4 Å². The van der Waals surface area contributed by atoms with Gasteiger partial charge in [-0.15, -0.1) is 0 Å². The van der Waals surface area contributed by atoms with Crippen LogP contribution in [0.2, 0.25) is 0 Å². The monoisotopic (exact) mass is 236 g/mol. The standard InChI is InChI=1S/C12H13FN2O2/c1-2-11(12(16)17)15-7-9-4-3-8(6-14)5-10(9)13/h3-5,11,15H,2,7H2,1H3,(H,16,17). The lowest BCUT2D eigenvalue weighted by Gasteiger charge is -2.12. The van der Waals surface area contributed by atoms with Crippen LogP contribution >= 0.6 is 0 Å². The Morgan fingerprint density at radius 2 is 2.35 bits per heavy atom. The van der Waals surface area contributed by atoms with Gasteiger partial charge in [-0.3, -0.25) is 4.79 Å². The first-order chi connectivity index (χ1) is 8.08. The quantitative estimate of drug-likeness (QED) is 0.815. The molecule has 4 nitrogen and oxygen atoms in total. The third kappa shape index (κ3) is 3.54. The first-order valence-corrected chi connectivity index (χ1v) is 5.23. The maximum atomic E-state index is 13.5. The first kappa shape index (κ1) is 13.1. The highest BCUT2D eigenvalue weighted by molar-refractivity contribution is 5.73. The second-order valence-electron chi connectivity index (χ2n) is 3.60. The lowest BCUT2D eigenvalue weighted by molar-refractivity contribution is -0.139. The highest BCUT2D eigenvalue weighted by Crippen LogP contribution is 2.10. The van der Waals surface area contributed by atoms with Crippen LogP contribution in [0.15, 0.2) is 18.2 Å². The van der Waals surface area contributed by atoms with E-state index in [-0.39, 0.29) is 12.1 Å². The van der Waals surface area contributed by atoms with Gasteiger partial charge in [-0.2, -0.15) is 5.26 Å². The van der Waals surface area contributed by atoms with Crippen molar-refractivity contribution in [2.75, 3.05) is 0 Å². The molecule has 0 saturated heterocycles. The van der Waals surface area contributed by atoms with Crippen molar-refractivity contribution in [3.05, 3.63) is 35.1 Å². The van der Waals surface area contributed by atoms with Crippen LogP contribution in [0.1, 0.15) is 24.5 Å². The molecule has 0 saturated carbocycles. The molecule has 0 radical (unpaired) electrons. The highest BCUT2D eigenvalue weighted by Gasteiger charge is 2.14. The molecule has 0 bridgehead atoms. The van der Waals surface area contributed by atoms with E-state index in [0.717, 1.165) is 6.07 Å². The van der Waals surface area contributed by atoms with Crippen LogP contribution in [0.4, 0.5) is 4.39 Å². The van der Waals surface area contributed by atoms with E-state index in [0.29, 0.717) is 12.0 Å². The number of hydrogen-bond donors (Lipinski definition) is 2. The van der Waals surface area contributed by atoms with Gasteiger partial charge in [0.1, 0.15) is 11.9 Å². The normalized spacial score (nSPS) is 11.8. The fourth-order valence-electron chi connectivity index (χ4n) is 1.40. The molecular formula is C12H13FN2O2. The number of carbonyl (C=O) groups is 1. The summed E-state index contributed by atoms with van der Waals surface area (Å²) >= 11 is 0. The zero-order chi connectivity index (χ0) is 12.8. The van der Waals surface area contributed by atoms with Crippen LogP contribution in [0.5, 0.6) is 0 Å². The molecule has 1 unspecified atom stereocenters. The predicted octanol–water partition coefficient (Wildman–Crippen LogP) is 1.65. The Kier molecular flexibility index (Phi) is 4.61. The molecule has 0 spiro atoms. The van der Waals surface area contributed by atoms with Crippen molar-refractivity contribution in [3.63, 3.8) is 0 Å². The number of nitrogens with zero attached hydrogens (tertiary/aromatic N) is 1. The van der Waals surface area contributed by atoms with E-state index in [1.165, 1.54) is 12.1 Å². The summed E-state index contributed by atoms with van der Waals surface area (Å²) in [5.41, 5.74) is 0.597. The average Bonchev–Trinajstić information content (AvgIpc) is 2.31. The van der Waals surface area contributed by atoms with Gasteiger partial charge in [0.15, 0.2) is 0 Å². The summed E-state index contributed by atoms with van der Waals surface area (Å²) < 4.78 is 13.5. The van der Waals surface area contributed by atoms with Gasteiger partial charge in [-0.1, -0.05) is 13.0 Å². The van der Waals surface area contributed by atoms with E-state index in [1.54, 1.807) is 6.92 Å². The van der Waals surface area contributed by atoms with Gasteiger partial charge in [-0.05, 0) is 18.6 Å². The van der Waals surface area contributed by atoms with Crippen LogP contribution < -0.4 is 5.32 Å². The zero-order valence-corrected chi connectivity index (χ0v) is 9.40. The maximum absolute atomic E-state index is 13.5. The molecule has 0 fully saturated rings. The van der Waals surface area contributed by atoms with Gasteiger partial charge in [0.25, 0.3) is 0 Å². The Balaban J connectivity index is 2.70. The average molecular weight is 236 g/mol. The molecular weight excluding hydrogens is 223 g/mol. The minimum atomic E-state index is -0.957. The van der Waals surface area contributed by atoms with Gasteiger partial charge < -0.3 is 10.4 Å². The number of hydrogen-bond acceptors (Lipinski definition) is 3. The Labute approximate surface area is 98.7 Å². The topological polar surface area (TPSA) is 73.1 Å². The van der Waals surface area contributed by atoms with Crippen molar-refractivity contribution in [1.82, 2.24) is 5.32 Å². The fraction of sp³-hybridized carbons (Fsp3) is 0.333. The van der Waals surface area contributed by atoms with Crippen molar-refractivity contribution in [2.24, 2.45) is 0 Å². The SMILES string of the molecule is CCC(NCc1ccc(C#N)cc1F)C(=O)O. The number of aliphatic carboxylic acids is 1. The van der Waals surface area contributed by atoms with Crippen molar-refractivity contribution in [1.29, 1.82) is 5.26 Å². The number of benzene rings is 1. The number of nitriles is 1. The Morgan fingerprint density at radius 1 is 1.65 bits per heavy atom. The Hall–Kier alpha value is -1.93. The van der Waals surface area contributed by atoms with E-state index in [9.17, 15) is 9.18 Å². The summed E-state index contributed by atoms with van der Waals surface area (Å²) in [7, 11) is 0. The zero-order valence-electron chi connectivity index (χ0n) is 9.40. The molecule has 90 valence electrons. The van der Waals surface area contributed by atoms with Crippen LogP contribution in [-0.4, -0.2) is 17.1 Å². The minimum Gasteiger partial charge on any atom is -0.480 e. The molecule has 0 aliphatic heterocycles. The molecule has 17 heavy (non-hydrogen) atoms. The summed E-state index contributed by atoms with van der Waals surface area (Å²) in [4.78, 5) is 10.7. The summed E-state index contributed by atoms with van der Waals surface area (Å²) in [5, 5.41) is 20.1. The smallest absolute Gasteiger partial charge is 0.320 e. The van der Waals surface area contributed by atoms with Crippen molar-refractivity contribution in [3.8, 4) is 6.07 Å². The van der Waals surface area contributed by atoms with Crippen molar-refractivity contribution >= 4 is 5.97 Å². The molecule has 0 heterocycles. The number of carboxylic acid groups (broad SMARTS) is 1. The lowest BCUT2D eigenvalue weighted by Crippen LogP contribution is -2.35. The van der Waals surface area contributed by atoms with Crippen LogP contribution in [0.25, 0.3) is 0 Å². The summed E-state index contributed by atoms with van der Waals surface area (Å²) in [6, 6.07) is 5.27. The highest BCUT2D eigenvalue weighted by atomic mass is 19.1. The van der Waals surface area contributed by atoms with Gasteiger partial charge in [-0.25, -0.2) is 4.39 Å². The molecule has 5 heteroatoms. The van der Waals surface area contributed by atoms with E-state index in [2.05, 4.69) is 5.32 Å². The first-order valence-electron chi connectivity index (χ1n) is 5.23. The third-order valence-corrected chi connectivity index (χ3v) is 2.43. The second-order valence-corrected chi connectivity index (χ2v) is 3.60. The summed E-state index contributed by atoms with van der Waals surface area (Å²) in [6.07, 6.45) is 0.424. The molecule has 0 aliphatic rings. The Morgan fingerprint density at radius 3 is 2.82 bits per heavy atom. The summed E-state index contributed by atoms with van der Waals surface area (Å²) in [5.74, 6) is -1.46. The fourth-order valence-corrected chi connectivity index (χ4v) is 1.40. The molecule has 0 aromatic heterocycles. The van der Waals surface area contributed by atoms with Crippen LogP contribution in [-0.2, 0) is 11.3 Å². The Bertz CT molecular complexity index is 454. The lowest BCUT2D eigenvalue weighted by atomic mass is 10.1. The maximum Gasteiger partial charge on any atom is 0.320 e. The summed E-state index contributed by atoms with van der Waals surface area (Å²) in [6.45, 7) is 1.86. The van der Waals surface area contributed by atoms with E-state index in [1.807, 2.05) is 6.07 Å². The molecule has 0 amide bonds. The number of rotatable bonds is 5. The van der Waals surface area contributed by atoms with E-state index < -0.39 is 17.8 Å². The number of carboxylic acids is 1. The van der Waals surface area contributed by atoms with Gasteiger partial charge in [0, 0.05) is 12.1 Å². The van der Waals surface area contributed by atoms with Crippen molar-refractivity contribution < 1.29 is 14.3 Å². The predicted molar refractivity (Wildman–Crippen MR) is 59.7 cm³/mol. The largest absolute Gasteiger partial charge is 0.480 e. The van der Waals surface area contributed by atoms with Gasteiger partial charge in [0.2, 0.25) is 0 Å². The molecule has 1 atom stereocenters. The second kappa shape index (κ2) is 5.97. The van der Waals surface area contributed by atoms with Crippen LogP contribution in [0.3, 0.4) is 0 Å². The van der Waals surface area contributed by atoms with Gasteiger partial charge >= 0.3 is 5.97 Å². The molecule has 1 aromatic rings. The van der Waals surface area contributed by atoms with Crippen LogP contribution in [0, 0.1) is 17.1 Å².